The zero-order chi connectivity index (χ0) is 14.4. The third-order valence-corrected chi connectivity index (χ3v) is 2.46. The van der Waals surface area contributed by atoms with Crippen molar-refractivity contribution >= 4 is 18.1 Å². The summed E-state index contributed by atoms with van der Waals surface area (Å²) in [6.45, 7) is -0.267. The van der Waals surface area contributed by atoms with Crippen molar-refractivity contribution in [1.29, 1.82) is 0 Å². The molecule has 1 N–H and O–H groups in total. The summed E-state index contributed by atoms with van der Waals surface area (Å²) in [6, 6.07) is 4.78. The van der Waals surface area contributed by atoms with Gasteiger partial charge in [0, 0.05) is 18.7 Å². The van der Waals surface area contributed by atoms with Crippen molar-refractivity contribution in [3.8, 4) is 5.88 Å². The van der Waals surface area contributed by atoms with Gasteiger partial charge >= 0.3 is 5.97 Å². The van der Waals surface area contributed by atoms with Gasteiger partial charge in [-0.2, -0.15) is 0 Å². The smallest absolute Gasteiger partial charge is 0.352 e. The lowest BCUT2D eigenvalue weighted by Gasteiger charge is -2.09. The lowest BCUT2D eigenvalue weighted by atomic mass is 10.3. The third-order valence-electron chi connectivity index (χ3n) is 2.46. The van der Waals surface area contributed by atoms with Crippen LogP contribution in [0.2, 0.25) is 0 Å². The fourth-order valence-electron chi connectivity index (χ4n) is 1.45. The highest BCUT2D eigenvalue weighted by Crippen LogP contribution is 2.07. The lowest BCUT2D eigenvalue weighted by molar-refractivity contribution is -0.155. The average molecular weight is 279 g/mol. The topological polar surface area (TPSA) is 99.1 Å². The highest BCUT2D eigenvalue weighted by atomic mass is 16.7. The summed E-state index contributed by atoms with van der Waals surface area (Å²) in [5.41, 5.74) is 0.167. The van der Waals surface area contributed by atoms with E-state index in [2.05, 4.69) is 15.5 Å². The van der Waals surface area contributed by atoms with E-state index in [0.717, 1.165) is 0 Å². The van der Waals surface area contributed by atoms with Gasteiger partial charge in [-0.15, -0.1) is 0 Å². The Morgan fingerprint density at radius 1 is 1.50 bits per heavy atom. The molecule has 0 bridgehead atoms. The number of nitrogens with one attached hydrogen (secondary N) is 1. The molecule has 8 heteroatoms. The number of ether oxygens (including phenoxy) is 2. The molecule has 8 nitrogen and oxygen atoms in total. The first-order chi connectivity index (χ1) is 9.70. The maximum absolute atomic E-state index is 11.7. The molecular weight excluding hydrogens is 266 g/mol. The number of methoxy groups -OCH3 is 1. The highest BCUT2D eigenvalue weighted by Gasteiger charge is 2.24. The zero-order valence-electron chi connectivity index (χ0n) is 10.7. The molecule has 2 heterocycles. The molecule has 20 heavy (non-hydrogen) atoms. The number of rotatable bonds is 5. The van der Waals surface area contributed by atoms with Gasteiger partial charge in [0.1, 0.15) is 5.69 Å². The van der Waals surface area contributed by atoms with Crippen molar-refractivity contribution < 1.29 is 23.9 Å². The van der Waals surface area contributed by atoms with Crippen LogP contribution in [0.1, 0.15) is 16.9 Å². The molecule has 1 amide bonds. The molecule has 2 rings (SSSR count). The van der Waals surface area contributed by atoms with Crippen molar-refractivity contribution in [2.75, 3.05) is 13.8 Å². The summed E-state index contributed by atoms with van der Waals surface area (Å²) < 4.78 is 9.75. The Morgan fingerprint density at radius 3 is 3.05 bits per heavy atom. The molecular formula is C12H13N3O5. The molecule has 1 aliphatic rings. The van der Waals surface area contributed by atoms with Gasteiger partial charge in [-0.05, 0) is 6.07 Å². The van der Waals surface area contributed by atoms with Crippen molar-refractivity contribution in [3.05, 3.63) is 23.9 Å². The Balaban J connectivity index is 1.78. The van der Waals surface area contributed by atoms with E-state index in [9.17, 15) is 9.59 Å². The van der Waals surface area contributed by atoms with Crippen molar-refractivity contribution in [3.63, 3.8) is 0 Å². The number of aromatic nitrogens is 1. The number of oxime groups is 1. The number of pyridine rings is 1. The first-order valence-electron chi connectivity index (χ1n) is 5.84. The number of amides is 1. The molecule has 1 aliphatic heterocycles. The molecule has 1 unspecified atom stereocenters. The molecule has 0 saturated heterocycles. The van der Waals surface area contributed by atoms with Gasteiger partial charge in [0.15, 0.2) is 6.73 Å². The van der Waals surface area contributed by atoms with Crippen molar-refractivity contribution in [1.82, 2.24) is 10.3 Å². The van der Waals surface area contributed by atoms with Gasteiger partial charge in [-0.3, -0.25) is 4.79 Å². The van der Waals surface area contributed by atoms with Crippen LogP contribution in [0, 0.1) is 0 Å². The fourth-order valence-corrected chi connectivity index (χ4v) is 1.45. The first kappa shape index (κ1) is 13.8. The minimum Gasteiger partial charge on any atom is -0.481 e. The third kappa shape index (κ3) is 3.44. The SMILES string of the molecule is COc1cccc(C(=O)NCOC(=O)C2CC=NO2)n1. The van der Waals surface area contributed by atoms with Gasteiger partial charge in [-0.1, -0.05) is 11.2 Å². The maximum atomic E-state index is 11.7. The van der Waals surface area contributed by atoms with Crippen LogP contribution >= 0.6 is 0 Å². The van der Waals surface area contributed by atoms with Crippen LogP contribution in [0.15, 0.2) is 23.4 Å². The Morgan fingerprint density at radius 2 is 2.35 bits per heavy atom. The quantitative estimate of drug-likeness (QED) is 0.606. The predicted molar refractivity (Wildman–Crippen MR) is 67.2 cm³/mol. The van der Waals surface area contributed by atoms with E-state index in [-0.39, 0.29) is 12.4 Å². The standard InChI is InChI=1S/C12H13N3O5/c1-18-10-4-2-3-8(15-10)11(16)13-7-19-12(17)9-5-6-14-20-9/h2-4,6,9H,5,7H2,1H3,(H,13,16). The highest BCUT2D eigenvalue weighted by molar-refractivity contribution is 5.92. The Bertz CT molecular complexity index is 524. The predicted octanol–water partition coefficient (Wildman–Crippen LogP) is 0.0954. The molecule has 0 aromatic carbocycles. The van der Waals surface area contributed by atoms with E-state index >= 15 is 0 Å². The van der Waals surface area contributed by atoms with Crippen LogP contribution in [0.3, 0.4) is 0 Å². The van der Waals surface area contributed by atoms with E-state index in [1.807, 2.05) is 0 Å². The molecule has 1 atom stereocenters. The summed E-state index contributed by atoms with van der Waals surface area (Å²) >= 11 is 0. The Labute approximate surface area is 114 Å². The van der Waals surface area contributed by atoms with Crippen LogP contribution in [0.5, 0.6) is 5.88 Å². The van der Waals surface area contributed by atoms with E-state index in [1.54, 1.807) is 12.1 Å². The number of nitrogens with zero attached hydrogens (tertiary/aromatic N) is 2. The number of hydrogen-bond acceptors (Lipinski definition) is 7. The lowest BCUT2D eigenvalue weighted by Crippen LogP contribution is -2.31. The van der Waals surface area contributed by atoms with Gasteiger partial charge in [0.05, 0.1) is 7.11 Å². The maximum Gasteiger partial charge on any atom is 0.352 e. The van der Waals surface area contributed by atoms with Gasteiger partial charge < -0.3 is 19.6 Å². The van der Waals surface area contributed by atoms with Crippen molar-refractivity contribution in [2.45, 2.75) is 12.5 Å². The molecule has 0 fully saturated rings. The normalized spacial score (nSPS) is 16.4. The number of carbonyl (C=O) groups excluding carboxylic acids is 2. The number of hydrogen-bond donors (Lipinski definition) is 1. The number of carbonyl (C=O) groups is 2. The zero-order valence-corrected chi connectivity index (χ0v) is 10.7. The van der Waals surface area contributed by atoms with Gasteiger partial charge in [0.25, 0.3) is 5.91 Å². The monoisotopic (exact) mass is 279 g/mol. The second-order valence-electron chi connectivity index (χ2n) is 3.80. The van der Waals surface area contributed by atoms with Crippen LogP contribution in [-0.4, -0.2) is 43.0 Å². The molecule has 0 saturated carbocycles. The summed E-state index contributed by atoms with van der Waals surface area (Å²) in [7, 11) is 1.45. The summed E-state index contributed by atoms with van der Waals surface area (Å²) in [6.07, 6.45) is 1.11. The van der Waals surface area contributed by atoms with E-state index in [0.29, 0.717) is 12.3 Å². The van der Waals surface area contributed by atoms with E-state index < -0.39 is 18.0 Å². The van der Waals surface area contributed by atoms with E-state index in [4.69, 9.17) is 14.3 Å². The summed E-state index contributed by atoms with van der Waals surface area (Å²) in [5.74, 6) is -0.729. The van der Waals surface area contributed by atoms with Crippen molar-refractivity contribution in [2.24, 2.45) is 5.16 Å². The first-order valence-corrected chi connectivity index (χ1v) is 5.84. The second kappa shape index (κ2) is 6.50. The summed E-state index contributed by atoms with van der Waals surface area (Å²) in [5, 5.41) is 5.87. The van der Waals surface area contributed by atoms with Crippen LogP contribution in [0.4, 0.5) is 0 Å². The van der Waals surface area contributed by atoms with Crippen LogP contribution < -0.4 is 10.1 Å². The molecule has 1 aromatic heterocycles. The molecule has 1 aromatic rings. The largest absolute Gasteiger partial charge is 0.481 e. The fraction of sp³-hybridized carbons (Fsp3) is 0.333. The minimum atomic E-state index is -0.734. The summed E-state index contributed by atoms with van der Waals surface area (Å²) in [4.78, 5) is 31.9. The molecule has 0 radical (unpaired) electrons. The Hall–Kier alpha value is -2.64. The van der Waals surface area contributed by atoms with Crippen LogP contribution in [0.25, 0.3) is 0 Å². The van der Waals surface area contributed by atoms with E-state index in [1.165, 1.54) is 19.4 Å². The number of esters is 1. The molecule has 0 spiro atoms. The van der Waals surface area contributed by atoms with Gasteiger partial charge in [-0.25, -0.2) is 9.78 Å². The second-order valence-corrected chi connectivity index (χ2v) is 3.80. The Kier molecular flexibility index (Phi) is 4.48. The average Bonchev–Trinajstić information content (AvgIpc) is 3.01. The molecule has 106 valence electrons. The molecule has 0 aliphatic carbocycles. The minimum absolute atomic E-state index is 0.167. The van der Waals surface area contributed by atoms with Crippen LogP contribution in [-0.2, 0) is 14.4 Å². The van der Waals surface area contributed by atoms with Gasteiger partial charge in [0.2, 0.25) is 12.0 Å².